The third-order valence-electron chi connectivity index (χ3n) is 5.75. The number of hydrogen-bond acceptors (Lipinski definition) is 6. The molecule has 1 saturated heterocycles. The summed E-state index contributed by atoms with van der Waals surface area (Å²) < 4.78 is 0. The number of piperidine rings is 1. The molecule has 0 spiro atoms. The normalized spacial score (nSPS) is 27.7. The first-order chi connectivity index (χ1) is 13.0. The first kappa shape index (κ1) is 17.7. The van der Waals surface area contributed by atoms with Crippen LogP contribution in [0.5, 0.6) is 0 Å². The monoisotopic (exact) mass is 370 g/mol. The maximum Gasteiger partial charge on any atom is 0.262 e. The number of nitrogens with two attached hydrogens (primary N) is 1. The summed E-state index contributed by atoms with van der Waals surface area (Å²) in [5, 5.41) is 5.63. The number of benzene rings is 1. The molecule has 1 unspecified atom stereocenters. The van der Waals surface area contributed by atoms with Crippen molar-refractivity contribution >= 4 is 29.3 Å². The van der Waals surface area contributed by atoms with Gasteiger partial charge in [0.25, 0.3) is 11.8 Å². The van der Waals surface area contributed by atoms with E-state index in [0.717, 1.165) is 29.8 Å². The molecule has 3 atom stereocenters. The number of fused-ring (bicyclic) bond motifs is 1. The van der Waals surface area contributed by atoms with Crippen molar-refractivity contribution in [2.75, 3.05) is 11.9 Å². The minimum absolute atomic E-state index is 0.110. The van der Waals surface area contributed by atoms with E-state index in [0.29, 0.717) is 12.5 Å². The van der Waals surface area contributed by atoms with Gasteiger partial charge in [0.15, 0.2) is 0 Å². The molecular formula is C19H22N4O4. The Bertz CT molecular complexity index is 837. The summed E-state index contributed by atoms with van der Waals surface area (Å²) in [6.45, 7) is 0.614. The summed E-state index contributed by atoms with van der Waals surface area (Å²) in [6.07, 6.45) is 3.49. The largest absolute Gasteiger partial charge is 0.382 e. The fraction of sp³-hybridized carbons (Fsp3) is 0.474. The highest BCUT2D eigenvalue weighted by atomic mass is 16.2. The Labute approximate surface area is 156 Å². The van der Waals surface area contributed by atoms with Gasteiger partial charge >= 0.3 is 0 Å². The highest BCUT2D eigenvalue weighted by Gasteiger charge is 2.44. The quantitative estimate of drug-likeness (QED) is 0.668. The van der Waals surface area contributed by atoms with Gasteiger partial charge in [-0.1, -0.05) is 6.42 Å². The molecular weight excluding hydrogens is 348 g/mol. The maximum absolute atomic E-state index is 12.8. The number of nitrogens with zero attached hydrogens (tertiary/aromatic N) is 1. The van der Waals surface area contributed by atoms with Gasteiger partial charge in [-0.2, -0.15) is 0 Å². The molecule has 2 fully saturated rings. The summed E-state index contributed by atoms with van der Waals surface area (Å²) in [5.41, 5.74) is 7.17. The standard InChI is InChI=1S/C19H22N4O4/c20-9-10-2-1-3-14(10)21-11-4-5-12-13(8-11)19(27)23(18(12)26)15-6-7-16(24)22-17(15)25/h4-5,8,10,14-15,21H,1-3,6-7,9,20H2,(H,22,24,25)/t10-,14+,15?/m0/s1. The highest BCUT2D eigenvalue weighted by molar-refractivity contribution is 6.23. The molecule has 2 aliphatic heterocycles. The molecule has 1 aromatic carbocycles. The van der Waals surface area contributed by atoms with Gasteiger partial charge < -0.3 is 11.1 Å². The van der Waals surface area contributed by atoms with E-state index >= 15 is 0 Å². The molecule has 27 heavy (non-hydrogen) atoms. The molecule has 0 bridgehead atoms. The predicted molar refractivity (Wildman–Crippen MR) is 96.9 cm³/mol. The lowest BCUT2D eigenvalue weighted by atomic mass is 10.0. The van der Waals surface area contributed by atoms with Crippen molar-refractivity contribution in [3.05, 3.63) is 29.3 Å². The van der Waals surface area contributed by atoms with Crippen molar-refractivity contribution in [2.24, 2.45) is 11.7 Å². The molecule has 2 heterocycles. The lowest BCUT2D eigenvalue weighted by Gasteiger charge is -2.27. The number of anilines is 1. The van der Waals surface area contributed by atoms with Crippen molar-refractivity contribution in [3.63, 3.8) is 0 Å². The number of carbonyl (C=O) groups is 4. The van der Waals surface area contributed by atoms with Crippen LogP contribution in [0.25, 0.3) is 0 Å². The van der Waals surface area contributed by atoms with E-state index in [1.165, 1.54) is 0 Å². The molecule has 0 radical (unpaired) electrons. The summed E-state index contributed by atoms with van der Waals surface area (Å²) in [4.78, 5) is 49.9. The second-order valence-corrected chi connectivity index (χ2v) is 7.39. The van der Waals surface area contributed by atoms with Crippen LogP contribution in [0.3, 0.4) is 0 Å². The zero-order valence-electron chi connectivity index (χ0n) is 14.9. The topological polar surface area (TPSA) is 122 Å². The number of amides is 4. The Morgan fingerprint density at radius 1 is 1.07 bits per heavy atom. The van der Waals surface area contributed by atoms with E-state index in [4.69, 9.17) is 5.73 Å². The SMILES string of the molecule is NC[C@@H]1CCC[C@H]1Nc1ccc2c(c1)C(=O)N(C1CCC(=O)NC1=O)C2=O. The molecule has 4 N–H and O–H groups in total. The van der Waals surface area contributed by atoms with Crippen LogP contribution in [-0.4, -0.2) is 47.2 Å². The minimum Gasteiger partial charge on any atom is -0.382 e. The molecule has 8 nitrogen and oxygen atoms in total. The fourth-order valence-electron chi connectivity index (χ4n) is 4.28. The Hall–Kier alpha value is -2.74. The van der Waals surface area contributed by atoms with E-state index in [2.05, 4.69) is 10.6 Å². The van der Waals surface area contributed by atoms with E-state index in [9.17, 15) is 19.2 Å². The van der Waals surface area contributed by atoms with Gasteiger partial charge in [-0.05, 0) is 49.9 Å². The van der Waals surface area contributed by atoms with Crippen LogP contribution in [0.1, 0.15) is 52.8 Å². The Morgan fingerprint density at radius 2 is 1.85 bits per heavy atom. The van der Waals surface area contributed by atoms with Crippen LogP contribution in [0.2, 0.25) is 0 Å². The molecule has 0 aromatic heterocycles. The van der Waals surface area contributed by atoms with E-state index < -0.39 is 23.8 Å². The van der Waals surface area contributed by atoms with Gasteiger partial charge in [0, 0.05) is 18.2 Å². The lowest BCUT2D eigenvalue weighted by Crippen LogP contribution is -2.54. The molecule has 142 valence electrons. The summed E-state index contributed by atoms with van der Waals surface area (Å²) >= 11 is 0. The van der Waals surface area contributed by atoms with Crippen molar-refractivity contribution < 1.29 is 19.2 Å². The van der Waals surface area contributed by atoms with Crippen LogP contribution < -0.4 is 16.4 Å². The summed E-state index contributed by atoms with van der Waals surface area (Å²) in [5.74, 6) is -1.57. The van der Waals surface area contributed by atoms with E-state index in [1.807, 2.05) is 0 Å². The molecule has 1 saturated carbocycles. The first-order valence-electron chi connectivity index (χ1n) is 9.32. The van der Waals surface area contributed by atoms with E-state index in [-0.39, 0.29) is 35.9 Å². The Kier molecular flexibility index (Phi) is 4.43. The van der Waals surface area contributed by atoms with Gasteiger partial charge in [0.1, 0.15) is 6.04 Å². The maximum atomic E-state index is 12.8. The highest BCUT2D eigenvalue weighted by Crippen LogP contribution is 2.32. The van der Waals surface area contributed by atoms with Crippen molar-refractivity contribution in [2.45, 2.75) is 44.2 Å². The summed E-state index contributed by atoms with van der Waals surface area (Å²) in [6, 6.07) is 4.39. The Balaban J connectivity index is 1.56. The van der Waals surface area contributed by atoms with Gasteiger partial charge in [-0.3, -0.25) is 29.4 Å². The van der Waals surface area contributed by atoms with Crippen molar-refractivity contribution in [3.8, 4) is 0 Å². The van der Waals surface area contributed by atoms with Gasteiger partial charge in [0.2, 0.25) is 11.8 Å². The zero-order chi connectivity index (χ0) is 19.1. The molecule has 4 rings (SSSR count). The van der Waals surface area contributed by atoms with Crippen molar-refractivity contribution in [1.29, 1.82) is 0 Å². The van der Waals surface area contributed by atoms with Crippen LogP contribution in [0.15, 0.2) is 18.2 Å². The lowest BCUT2D eigenvalue weighted by molar-refractivity contribution is -0.136. The average molecular weight is 370 g/mol. The molecule has 3 aliphatic rings. The molecule has 1 aliphatic carbocycles. The molecule has 4 amide bonds. The Morgan fingerprint density at radius 3 is 2.59 bits per heavy atom. The van der Waals surface area contributed by atoms with Crippen LogP contribution in [0.4, 0.5) is 5.69 Å². The third kappa shape index (κ3) is 2.99. The van der Waals surface area contributed by atoms with Gasteiger partial charge in [0.05, 0.1) is 11.1 Å². The van der Waals surface area contributed by atoms with E-state index in [1.54, 1.807) is 18.2 Å². The second kappa shape index (κ2) is 6.77. The second-order valence-electron chi connectivity index (χ2n) is 7.39. The van der Waals surface area contributed by atoms with Crippen LogP contribution in [-0.2, 0) is 9.59 Å². The van der Waals surface area contributed by atoms with Crippen LogP contribution >= 0.6 is 0 Å². The number of imide groups is 2. The predicted octanol–water partition coefficient (Wildman–Crippen LogP) is 0.627. The number of carbonyl (C=O) groups excluding carboxylic acids is 4. The molecule has 8 heteroatoms. The number of rotatable bonds is 4. The van der Waals surface area contributed by atoms with Crippen LogP contribution in [0, 0.1) is 5.92 Å². The third-order valence-corrected chi connectivity index (χ3v) is 5.75. The van der Waals surface area contributed by atoms with Gasteiger partial charge in [-0.15, -0.1) is 0 Å². The molecule has 1 aromatic rings. The number of hydrogen-bond donors (Lipinski definition) is 3. The fourth-order valence-corrected chi connectivity index (χ4v) is 4.28. The smallest absolute Gasteiger partial charge is 0.262 e. The average Bonchev–Trinajstić information content (AvgIpc) is 3.19. The zero-order valence-corrected chi connectivity index (χ0v) is 14.9. The van der Waals surface area contributed by atoms with Crippen molar-refractivity contribution in [1.82, 2.24) is 10.2 Å². The van der Waals surface area contributed by atoms with Gasteiger partial charge in [-0.25, -0.2) is 0 Å². The number of nitrogens with one attached hydrogen (secondary N) is 2. The first-order valence-corrected chi connectivity index (χ1v) is 9.32. The minimum atomic E-state index is -0.942. The summed E-state index contributed by atoms with van der Waals surface area (Å²) in [7, 11) is 0.